The number of unbranched alkanes of at least 4 members (excludes halogenated alkanes) is 1. The Bertz CT molecular complexity index is 1480. The highest BCUT2D eigenvalue weighted by molar-refractivity contribution is 6.06. The predicted octanol–water partition coefficient (Wildman–Crippen LogP) is 5.08. The predicted molar refractivity (Wildman–Crippen MR) is 134 cm³/mol. The van der Waals surface area contributed by atoms with Gasteiger partial charge in [-0.25, -0.2) is 9.97 Å². The van der Waals surface area contributed by atoms with E-state index in [1.807, 2.05) is 73.1 Å². The molecule has 7 heteroatoms. The molecule has 1 amide bonds. The number of imidazole rings is 1. The lowest BCUT2D eigenvalue weighted by Crippen LogP contribution is -2.13. The van der Waals surface area contributed by atoms with Crippen molar-refractivity contribution < 1.29 is 9.53 Å². The lowest BCUT2D eigenvalue weighted by Gasteiger charge is -2.14. The van der Waals surface area contributed by atoms with Crippen LogP contribution in [0.15, 0.2) is 79.1 Å². The van der Waals surface area contributed by atoms with Crippen LogP contribution in [-0.2, 0) is 13.0 Å². The summed E-state index contributed by atoms with van der Waals surface area (Å²) >= 11 is 0. The van der Waals surface area contributed by atoms with Gasteiger partial charge in [0.2, 0.25) is 0 Å². The normalized spacial score (nSPS) is 11.2. The topological polar surface area (TPSA) is 109 Å². The maximum atomic E-state index is 12.0. The number of carbonyl (C=O) groups excluding carboxylic acids is 1. The minimum atomic E-state index is -0.504. The van der Waals surface area contributed by atoms with Crippen molar-refractivity contribution in [3.8, 4) is 11.5 Å². The summed E-state index contributed by atoms with van der Waals surface area (Å²) in [6, 6.07) is 22.9. The van der Waals surface area contributed by atoms with E-state index in [0.717, 1.165) is 53.3 Å². The summed E-state index contributed by atoms with van der Waals surface area (Å²) in [6.45, 7) is 0.786. The number of aromatic nitrogens is 3. The molecule has 0 bridgehead atoms. The SMILES string of the molecule is NC(=O)c1cccc(CCCCn2cnc3c(N)nc4ccccc4c32)c1Oc1ccccc1. The first kappa shape index (κ1) is 21.5. The molecule has 0 aliphatic rings. The van der Waals surface area contributed by atoms with Crippen molar-refractivity contribution in [1.29, 1.82) is 0 Å². The summed E-state index contributed by atoms with van der Waals surface area (Å²) in [6.07, 6.45) is 4.38. The highest BCUT2D eigenvalue weighted by Gasteiger charge is 2.16. The van der Waals surface area contributed by atoms with Crippen LogP contribution in [0, 0.1) is 0 Å². The standard InChI is InChI=1S/C27H25N5O2/c28-26-23-24(20-13-4-5-15-22(20)31-26)32(17-30-23)16-7-6-9-18-10-8-14-21(27(29)33)25(18)34-19-11-2-1-3-12-19/h1-5,8,10-15,17H,6-7,9,16H2,(H2,28,31)(H2,29,33). The molecule has 7 nitrogen and oxygen atoms in total. The van der Waals surface area contributed by atoms with Gasteiger partial charge in [0, 0.05) is 11.9 Å². The first-order chi connectivity index (χ1) is 16.6. The number of fused-ring (bicyclic) bond motifs is 3. The van der Waals surface area contributed by atoms with E-state index in [-0.39, 0.29) is 0 Å². The smallest absolute Gasteiger partial charge is 0.252 e. The number of rotatable bonds is 8. The van der Waals surface area contributed by atoms with Crippen LogP contribution in [0.5, 0.6) is 11.5 Å². The molecule has 4 N–H and O–H groups in total. The third kappa shape index (κ3) is 4.15. The van der Waals surface area contributed by atoms with E-state index < -0.39 is 5.91 Å². The Hall–Kier alpha value is -4.39. The van der Waals surface area contributed by atoms with E-state index >= 15 is 0 Å². The molecule has 0 saturated heterocycles. The first-order valence-corrected chi connectivity index (χ1v) is 11.3. The summed E-state index contributed by atoms with van der Waals surface area (Å²) in [4.78, 5) is 21.0. The van der Waals surface area contributed by atoms with E-state index in [1.54, 1.807) is 6.07 Å². The van der Waals surface area contributed by atoms with Crippen molar-refractivity contribution in [2.45, 2.75) is 25.8 Å². The highest BCUT2D eigenvalue weighted by Crippen LogP contribution is 2.31. The number of pyridine rings is 1. The summed E-state index contributed by atoms with van der Waals surface area (Å²) in [5.41, 5.74) is 15.7. The Balaban J connectivity index is 1.35. The fourth-order valence-electron chi connectivity index (χ4n) is 4.28. The molecule has 34 heavy (non-hydrogen) atoms. The number of carbonyl (C=O) groups is 1. The van der Waals surface area contributed by atoms with Crippen molar-refractivity contribution in [2.75, 3.05) is 5.73 Å². The summed E-state index contributed by atoms with van der Waals surface area (Å²) in [5.74, 6) is 1.13. The van der Waals surface area contributed by atoms with Crippen molar-refractivity contribution in [3.05, 3.63) is 90.3 Å². The molecule has 0 radical (unpaired) electrons. The Morgan fingerprint density at radius 3 is 2.56 bits per heavy atom. The molecule has 170 valence electrons. The third-order valence-electron chi connectivity index (χ3n) is 5.90. The molecule has 0 aliphatic heterocycles. The van der Waals surface area contributed by atoms with Crippen LogP contribution in [0.4, 0.5) is 5.82 Å². The van der Waals surface area contributed by atoms with Gasteiger partial charge < -0.3 is 20.8 Å². The van der Waals surface area contributed by atoms with E-state index in [0.29, 0.717) is 22.9 Å². The van der Waals surface area contributed by atoms with Gasteiger partial charge in [0.1, 0.15) is 17.0 Å². The number of para-hydroxylation sites is 3. The van der Waals surface area contributed by atoms with Crippen LogP contribution in [0.3, 0.4) is 0 Å². The second kappa shape index (κ2) is 9.23. The van der Waals surface area contributed by atoms with Crippen molar-refractivity contribution in [1.82, 2.24) is 14.5 Å². The van der Waals surface area contributed by atoms with Crippen LogP contribution >= 0.6 is 0 Å². The zero-order valence-corrected chi connectivity index (χ0v) is 18.6. The zero-order valence-electron chi connectivity index (χ0n) is 18.6. The van der Waals surface area contributed by atoms with E-state index in [4.69, 9.17) is 16.2 Å². The third-order valence-corrected chi connectivity index (χ3v) is 5.90. The van der Waals surface area contributed by atoms with Gasteiger partial charge in [-0.1, -0.05) is 48.5 Å². The van der Waals surface area contributed by atoms with Crippen molar-refractivity contribution in [3.63, 3.8) is 0 Å². The quantitative estimate of drug-likeness (QED) is 0.320. The molecule has 2 aromatic heterocycles. The zero-order chi connectivity index (χ0) is 23.5. The van der Waals surface area contributed by atoms with Crippen LogP contribution in [0.25, 0.3) is 21.9 Å². The number of nitrogens with two attached hydrogens (primary N) is 2. The minimum absolute atomic E-state index is 0.386. The number of hydrogen-bond donors (Lipinski definition) is 2. The number of primary amides is 1. The van der Waals surface area contributed by atoms with Gasteiger partial charge in [-0.15, -0.1) is 0 Å². The largest absolute Gasteiger partial charge is 0.456 e. The van der Waals surface area contributed by atoms with E-state index in [9.17, 15) is 4.79 Å². The van der Waals surface area contributed by atoms with Crippen LogP contribution in [-0.4, -0.2) is 20.4 Å². The second-order valence-corrected chi connectivity index (χ2v) is 8.18. The molecular weight excluding hydrogens is 426 g/mol. The Labute approximate surface area is 197 Å². The number of anilines is 1. The molecule has 0 atom stereocenters. The number of benzene rings is 3. The van der Waals surface area contributed by atoms with Crippen molar-refractivity contribution >= 4 is 33.7 Å². The van der Waals surface area contributed by atoms with Gasteiger partial charge >= 0.3 is 0 Å². The average molecular weight is 452 g/mol. The van der Waals surface area contributed by atoms with Gasteiger partial charge in [0.25, 0.3) is 5.91 Å². The molecule has 0 aliphatic carbocycles. The van der Waals surface area contributed by atoms with E-state index in [1.165, 1.54) is 0 Å². The first-order valence-electron chi connectivity index (χ1n) is 11.3. The Morgan fingerprint density at radius 1 is 0.941 bits per heavy atom. The van der Waals surface area contributed by atoms with Gasteiger partial charge in [0.05, 0.1) is 22.9 Å². The van der Waals surface area contributed by atoms with Gasteiger partial charge in [-0.2, -0.15) is 0 Å². The van der Waals surface area contributed by atoms with Gasteiger partial charge in [-0.3, -0.25) is 4.79 Å². The molecule has 5 aromatic rings. The number of ether oxygens (including phenoxy) is 1. The number of aryl methyl sites for hydroxylation is 2. The molecule has 2 heterocycles. The lowest BCUT2D eigenvalue weighted by molar-refractivity contribution is 0.0998. The number of hydrogen-bond acceptors (Lipinski definition) is 5. The summed E-state index contributed by atoms with van der Waals surface area (Å²) in [7, 11) is 0. The minimum Gasteiger partial charge on any atom is -0.456 e. The van der Waals surface area contributed by atoms with Crippen LogP contribution in [0.1, 0.15) is 28.8 Å². The number of nitrogen functional groups attached to an aromatic ring is 1. The van der Waals surface area contributed by atoms with Gasteiger partial charge in [-0.05, 0) is 49.1 Å². The molecule has 0 spiro atoms. The Morgan fingerprint density at radius 2 is 1.74 bits per heavy atom. The molecular formula is C27H25N5O2. The summed E-state index contributed by atoms with van der Waals surface area (Å²) < 4.78 is 8.22. The molecule has 3 aromatic carbocycles. The molecule has 0 saturated carbocycles. The fourth-order valence-corrected chi connectivity index (χ4v) is 4.28. The maximum absolute atomic E-state index is 12.0. The Kier molecular flexibility index (Phi) is 5.82. The monoisotopic (exact) mass is 451 g/mol. The highest BCUT2D eigenvalue weighted by atomic mass is 16.5. The van der Waals surface area contributed by atoms with Gasteiger partial charge in [0.15, 0.2) is 5.82 Å². The lowest BCUT2D eigenvalue weighted by atomic mass is 10.0. The second-order valence-electron chi connectivity index (χ2n) is 8.18. The fraction of sp³-hybridized carbons (Fsp3) is 0.148. The van der Waals surface area contributed by atoms with E-state index in [2.05, 4.69) is 14.5 Å². The molecule has 5 rings (SSSR count). The number of nitrogens with zero attached hydrogens (tertiary/aromatic N) is 3. The number of amides is 1. The average Bonchev–Trinajstić information content (AvgIpc) is 3.28. The van der Waals surface area contributed by atoms with Crippen molar-refractivity contribution in [2.24, 2.45) is 5.73 Å². The van der Waals surface area contributed by atoms with Crippen LogP contribution in [0.2, 0.25) is 0 Å². The summed E-state index contributed by atoms with van der Waals surface area (Å²) in [5, 5.41) is 1.04. The molecule has 0 unspecified atom stereocenters. The maximum Gasteiger partial charge on any atom is 0.252 e. The van der Waals surface area contributed by atoms with Crippen LogP contribution < -0.4 is 16.2 Å². The molecule has 0 fully saturated rings.